The van der Waals surface area contributed by atoms with Gasteiger partial charge in [0.15, 0.2) is 5.13 Å². The van der Waals surface area contributed by atoms with Crippen molar-refractivity contribution in [2.24, 2.45) is 0 Å². The van der Waals surface area contributed by atoms with Gasteiger partial charge in [-0.05, 0) is 13.0 Å². The Morgan fingerprint density at radius 1 is 1.39 bits per heavy atom. The summed E-state index contributed by atoms with van der Waals surface area (Å²) in [6.07, 6.45) is -1.52. The Balaban J connectivity index is 2.51. The molecule has 0 spiro atoms. The number of rotatable bonds is 7. The molecule has 18 heavy (non-hydrogen) atoms. The highest BCUT2D eigenvalue weighted by Crippen LogP contribution is 2.22. The van der Waals surface area contributed by atoms with Crippen LogP contribution < -0.4 is 5.32 Å². The van der Waals surface area contributed by atoms with E-state index in [1.165, 1.54) is 16.2 Å². The average Bonchev–Trinajstić information content (AvgIpc) is 2.71. The summed E-state index contributed by atoms with van der Waals surface area (Å²) in [5.41, 5.74) is 0. The molecule has 0 fully saturated rings. The Kier molecular flexibility index (Phi) is 5.87. The van der Waals surface area contributed by atoms with E-state index in [1.807, 2.05) is 6.92 Å². The first-order valence-electron chi connectivity index (χ1n) is 5.92. The van der Waals surface area contributed by atoms with Gasteiger partial charge < -0.3 is 5.32 Å². The summed E-state index contributed by atoms with van der Waals surface area (Å²) in [6, 6.07) is 0. The van der Waals surface area contributed by atoms with Gasteiger partial charge in [-0.25, -0.2) is 4.98 Å². The van der Waals surface area contributed by atoms with Crippen molar-refractivity contribution >= 4 is 16.5 Å². The standard InChI is InChI=1S/C11H18F3N3S/c1-3-5-15-10-16-6-9(18-10)7-17(4-2)8-11(12,13)14/h6H,3-5,7-8H2,1-2H3,(H,15,16). The minimum atomic E-state index is -4.15. The van der Waals surface area contributed by atoms with Crippen LogP contribution >= 0.6 is 11.3 Å². The zero-order chi connectivity index (χ0) is 13.6. The second-order valence-corrected chi connectivity index (χ2v) is 5.09. The molecule has 0 radical (unpaired) electrons. The third-order valence-corrected chi connectivity index (χ3v) is 3.25. The number of nitrogens with zero attached hydrogens (tertiary/aromatic N) is 2. The average molecular weight is 281 g/mol. The van der Waals surface area contributed by atoms with Crippen LogP contribution in [0.15, 0.2) is 6.20 Å². The Hall–Kier alpha value is -0.820. The molecule has 0 amide bonds. The monoisotopic (exact) mass is 281 g/mol. The molecule has 1 aromatic heterocycles. The summed E-state index contributed by atoms with van der Waals surface area (Å²) >= 11 is 1.41. The van der Waals surface area contributed by atoms with E-state index in [9.17, 15) is 13.2 Å². The molecular formula is C11H18F3N3S. The lowest BCUT2D eigenvalue weighted by Crippen LogP contribution is -2.33. The minimum absolute atomic E-state index is 0.293. The van der Waals surface area contributed by atoms with E-state index in [4.69, 9.17) is 0 Å². The number of nitrogens with one attached hydrogen (secondary N) is 1. The van der Waals surface area contributed by atoms with Crippen molar-refractivity contribution in [3.63, 3.8) is 0 Å². The summed E-state index contributed by atoms with van der Waals surface area (Å²) in [6.45, 7) is 4.38. The largest absolute Gasteiger partial charge is 0.401 e. The highest BCUT2D eigenvalue weighted by atomic mass is 32.1. The van der Waals surface area contributed by atoms with Gasteiger partial charge >= 0.3 is 6.18 Å². The number of hydrogen-bond donors (Lipinski definition) is 1. The van der Waals surface area contributed by atoms with E-state index in [2.05, 4.69) is 10.3 Å². The molecule has 1 heterocycles. The lowest BCUT2D eigenvalue weighted by atomic mass is 10.4. The van der Waals surface area contributed by atoms with Crippen molar-refractivity contribution in [3.8, 4) is 0 Å². The number of alkyl halides is 3. The van der Waals surface area contributed by atoms with Crippen molar-refractivity contribution in [2.75, 3.05) is 25.0 Å². The molecule has 0 aliphatic heterocycles. The van der Waals surface area contributed by atoms with Crippen LogP contribution in [0.1, 0.15) is 25.1 Å². The van der Waals surface area contributed by atoms with Crippen LogP contribution in [0, 0.1) is 0 Å². The first-order chi connectivity index (χ1) is 8.44. The summed E-state index contributed by atoms with van der Waals surface area (Å²) in [7, 11) is 0. The SMILES string of the molecule is CCCNc1ncc(CN(CC)CC(F)(F)F)s1. The number of aromatic nitrogens is 1. The van der Waals surface area contributed by atoms with Gasteiger partial charge in [-0.15, -0.1) is 11.3 Å². The Labute approximate surface area is 109 Å². The molecule has 0 aromatic carbocycles. The lowest BCUT2D eigenvalue weighted by Gasteiger charge is -2.20. The van der Waals surface area contributed by atoms with Crippen LogP contribution in [0.5, 0.6) is 0 Å². The van der Waals surface area contributed by atoms with Gasteiger partial charge in [0.05, 0.1) is 6.54 Å². The molecule has 0 aliphatic rings. The van der Waals surface area contributed by atoms with Gasteiger partial charge in [0.1, 0.15) is 0 Å². The molecule has 1 rings (SSSR count). The quantitative estimate of drug-likeness (QED) is 0.830. The van der Waals surface area contributed by atoms with Crippen LogP contribution in [0.3, 0.4) is 0 Å². The predicted molar refractivity (Wildman–Crippen MR) is 67.9 cm³/mol. The molecule has 1 N–H and O–H groups in total. The van der Waals surface area contributed by atoms with Crippen molar-refractivity contribution in [3.05, 3.63) is 11.1 Å². The van der Waals surface area contributed by atoms with Gasteiger partial charge in [0.2, 0.25) is 0 Å². The Bertz CT molecular complexity index is 352. The van der Waals surface area contributed by atoms with E-state index in [1.54, 1.807) is 13.1 Å². The van der Waals surface area contributed by atoms with E-state index in [-0.39, 0.29) is 0 Å². The Morgan fingerprint density at radius 2 is 2.11 bits per heavy atom. The highest BCUT2D eigenvalue weighted by Gasteiger charge is 2.30. The fourth-order valence-corrected chi connectivity index (χ4v) is 2.33. The van der Waals surface area contributed by atoms with Gasteiger partial charge in [-0.3, -0.25) is 4.90 Å². The topological polar surface area (TPSA) is 28.2 Å². The third kappa shape index (κ3) is 5.68. The maximum Gasteiger partial charge on any atom is 0.401 e. The molecule has 104 valence electrons. The fraction of sp³-hybridized carbons (Fsp3) is 0.727. The van der Waals surface area contributed by atoms with E-state index < -0.39 is 12.7 Å². The first-order valence-corrected chi connectivity index (χ1v) is 6.74. The molecule has 0 bridgehead atoms. The van der Waals surface area contributed by atoms with Crippen LogP contribution in [0.25, 0.3) is 0 Å². The van der Waals surface area contributed by atoms with E-state index in [0.717, 1.165) is 23.0 Å². The van der Waals surface area contributed by atoms with Crippen molar-refractivity contribution in [1.82, 2.24) is 9.88 Å². The predicted octanol–water partition coefficient (Wildman–Crippen LogP) is 3.35. The van der Waals surface area contributed by atoms with Crippen LogP contribution in [-0.4, -0.2) is 35.7 Å². The van der Waals surface area contributed by atoms with E-state index >= 15 is 0 Å². The van der Waals surface area contributed by atoms with Gasteiger partial charge in [0.25, 0.3) is 0 Å². The molecule has 1 aromatic rings. The van der Waals surface area contributed by atoms with Gasteiger partial charge in [0, 0.05) is 24.2 Å². The zero-order valence-electron chi connectivity index (χ0n) is 10.5. The molecule has 7 heteroatoms. The Morgan fingerprint density at radius 3 is 2.67 bits per heavy atom. The summed E-state index contributed by atoms with van der Waals surface area (Å²) in [5, 5.41) is 3.89. The summed E-state index contributed by atoms with van der Waals surface area (Å²) < 4.78 is 36.9. The summed E-state index contributed by atoms with van der Waals surface area (Å²) in [4.78, 5) is 6.34. The second kappa shape index (κ2) is 6.94. The smallest absolute Gasteiger partial charge is 0.362 e. The fourth-order valence-electron chi connectivity index (χ4n) is 1.45. The number of hydrogen-bond acceptors (Lipinski definition) is 4. The molecule has 0 aliphatic carbocycles. The van der Waals surface area contributed by atoms with Crippen molar-refractivity contribution in [1.29, 1.82) is 0 Å². The minimum Gasteiger partial charge on any atom is -0.362 e. The van der Waals surface area contributed by atoms with Crippen molar-refractivity contribution in [2.45, 2.75) is 33.0 Å². The first kappa shape index (κ1) is 15.2. The maximum absolute atomic E-state index is 12.3. The maximum atomic E-state index is 12.3. The number of anilines is 1. The summed E-state index contributed by atoms with van der Waals surface area (Å²) in [5.74, 6) is 0. The molecule has 0 atom stereocenters. The highest BCUT2D eigenvalue weighted by molar-refractivity contribution is 7.15. The van der Waals surface area contributed by atoms with Crippen LogP contribution in [0.2, 0.25) is 0 Å². The zero-order valence-corrected chi connectivity index (χ0v) is 11.4. The molecule has 0 unspecified atom stereocenters. The van der Waals surface area contributed by atoms with Gasteiger partial charge in [-0.1, -0.05) is 13.8 Å². The number of halogens is 3. The van der Waals surface area contributed by atoms with Crippen LogP contribution in [-0.2, 0) is 6.54 Å². The number of thiazole rings is 1. The molecular weight excluding hydrogens is 263 g/mol. The normalized spacial score (nSPS) is 12.1. The van der Waals surface area contributed by atoms with Crippen molar-refractivity contribution < 1.29 is 13.2 Å². The second-order valence-electron chi connectivity index (χ2n) is 3.98. The third-order valence-electron chi connectivity index (χ3n) is 2.31. The van der Waals surface area contributed by atoms with E-state index in [0.29, 0.717) is 13.1 Å². The lowest BCUT2D eigenvalue weighted by molar-refractivity contribution is -0.146. The van der Waals surface area contributed by atoms with Gasteiger partial charge in [-0.2, -0.15) is 13.2 Å². The van der Waals surface area contributed by atoms with Crippen LogP contribution in [0.4, 0.5) is 18.3 Å². The molecule has 0 saturated carbocycles. The molecule has 0 saturated heterocycles. The molecule has 3 nitrogen and oxygen atoms in total.